The zero-order valence-electron chi connectivity index (χ0n) is 13.4. The fourth-order valence-corrected chi connectivity index (χ4v) is 2.27. The second kappa shape index (κ2) is 7.04. The molecule has 0 aliphatic carbocycles. The summed E-state index contributed by atoms with van der Waals surface area (Å²) in [6, 6.07) is 9.15. The first-order valence-corrected chi connectivity index (χ1v) is 7.46. The Morgan fingerprint density at radius 1 is 1.30 bits per heavy atom. The predicted octanol–water partition coefficient (Wildman–Crippen LogP) is 1.90. The molecule has 0 bridgehead atoms. The van der Waals surface area contributed by atoms with Crippen LogP contribution < -0.4 is 0 Å². The number of nitrogens with zero attached hydrogens (tertiary/aromatic N) is 4. The van der Waals surface area contributed by atoms with Gasteiger partial charge in [0.2, 0.25) is 0 Å². The smallest absolute Gasteiger partial charge is 0.323 e. The van der Waals surface area contributed by atoms with Crippen LogP contribution in [0.25, 0.3) is 5.69 Å². The molecular weight excluding hydrogens is 296 g/mol. The van der Waals surface area contributed by atoms with Crippen molar-refractivity contribution in [3.8, 4) is 5.69 Å². The maximum atomic E-state index is 12.7. The van der Waals surface area contributed by atoms with Crippen molar-refractivity contribution in [2.75, 3.05) is 6.54 Å². The summed E-state index contributed by atoms with van der Waals surface area (Å²) in [5, 5.41) is 17.0. The molecule has 0 fully saturated rings. The Bertz CT molecular complexity index is 697. The average molecular weight is 316 g/mol. The van der Waals surface area contributed by atoms with Gasteiger partial charge in [0.05, 0.1) is 11.4 Å². The third kappa shape index (κ3) is 3.56. The molecule has 1 atom stereocenters. The van der Waals surface area contributed by atoms with E-state index in [2.05, 4.69) is 10.3 Å². The number of hydrogen-bond donors (Lipinski definition) is 1. The molecule has 1 aromatic carbocycles. The van der Waals surface area contributed by atoms with Gasteiger partial charge in [0.1, 0.15) is 6.54 Å². The van der Waals surface area contributed by atoms with Crippen molar-refractivity contribution in [3.05, 3.63) is 41.7 Å². The minimum Gasteiger partial charge on any atom is -0.480 e. The number of carbonyl (C=O) groups excluding carboxylic acids is 1. The molecule has 0 radical (unpaired) electrons. The molecule has 0 aliphatic rings. The fraction of sp³-hybridized carbons (Fsp3) is 0.375. The van der Waals surface area contributed by atoms with Crippen molar-refractivity contribution >= 4 is 11.9 Å². The largest absolute Gasteiger partial charge is 0.480 e. The van der Waals surface area contributed by atoms with Crippen LogP contribution in [0.5, 0.6) is 0 Å². The van der Waals surface area contributed by atoms with Crippen LogP contribution in [0, 0.1) is 6.92 Å². The molecule has 1 heterocycles. The predicted molar refractivity (Wildman–Crippen MR) is 84.5 cm³/mol. The lowest BCUT2D eigenvalue weighted by molar-refractivity contribution is -0.138. The van der Waals surface area contributed by atoms with Crippen molar-refractivity contribution in [1.82, 2.24) is 19.9 Å². The van der Waals surface area contributed by atoms with Gasteiger partial charge in [0.15, 0.2) is 5.69 Å². The Morgan fingerprint density at radius 3 is 2.52 bits per heavy atom. The lowest BCUT2D eigenvalue weighted by Crippen LogP contribution is -2.42. The highest BCUT2D eigenvalue weighted by Gasteiger charge is 2.27. The average Bonchev–Trinajstić information content (AvgIpc) is 2.93. The number of para-hydroxylation sites is 1. The van der Waals surface area contributed by atoms with Crippen LogP contribution in [0.15, 0.2) is 30.3 Å². The summed E-state index contributed by atoms with van der Waals surface area (Å²) in [7, 11) is 0. The molecule has 2 rings (SSSR count). The van der Waals surface area contributed by atoms with E-state index in [1.165, 1.54) is 4.90 Å². The molecule has 0 spiro atoms. The normalized spacial score (nSPS) is 12.0. The lowest BCUT2D eigenvalue weighted by Gasteiger charge is -2.26. The topological polar surface area (TPSA) is 88.3 Å². The second-order valence-corrected chi connectivity index (χ2v) is 5.35. The van der Waals surface area contributed by atoms with Crippen LogP contribution in [-0.2, 0) is 4.79 Å². The molecule has 1 amide bonds. The minimum absolute atomic E-state index is 0.176. The molecule has 1 aromatic heterocycles. The zero-order valence-corrected chi connectivity index (χ0v) is 13.4. The van der Waals surface area contributed by atoms with Crippen molar-refractivity contribution in [2.45, 2.75) is 33.2 Å². The number of aromatic nitrogens is 3. The van der Waals surface area contributed by atoms with Gasteiger partial charge < -0.3 is 10.0 Å². The highest BCUT2D eigenvalue weighted by Crippen LogP contribution is 2.15. The van der Waals surface area contributed by atoms with Crippen molar-refractivity contribution < 1.29 is 14.7 Å². The van der Waals surface area contributed by atoms with E-state index in [9.17, 15) is 9.59 Å². The summed E-state index contributed by atoms with van der Waals surface area (Å²) in [4.78, 5) is 25.0. The van der Waals surface area contributed by atoms with Gasteiger partial charge in [-0.2, -0.15) is 0 Å². The number of carbonyl (C=O) groups is 2. The second-order valence-electron chi connectivity index (χ2n) is 5.35. The van der Waals surface area contributed by atoms with Gasteiger partial charge in [-0.15, -0.1) is 5.10 Å². The van der Waals surface area contributed by atoms with Gasteiger partial charge in [-0.3, -0.25) is 9.59 Å². The monoisotopic (exact) mass is 316 g/mol. The van der Waals surface area contributed by atoms with Gasteiger partial charge in [0, 0.05) is 6.04 Å². The fourth-order valence-electron chi connectivity index (χ4n) is 2.27. The molecule has 7 heteroatoms. The summed E-state index contributed by atoms with van der Waals surface area (Å²) < 4.78 is 1.57. The highest BCUT2D eigenvalue weighted by atomic mass is 16.4. The standard InChI is InChI=1S/C16H20N4O3/c1-4-11(2)19(10-14(21)22)16(23)15-12(3)20(18-17-15)13-8-6-5-7-9-13/h5-9,11H,4,10H2,1-3H3,(H,21,22). The lowest BCUT2D eigenvalue weighted by atomic mass is 10.2. The minimum atomic E-state index is -1.05. The summed E-state index contributed by atoms with van der Waals surface area (Å²) in [5.74, 6) is -1.46. The van der Waals surface area contributed by atoms with Gasteiger partial charge in [0.25, 0.3) is 5.91 Å². The number of aliphatic carboxylic acids is 1. The van der Waals surface area contributed by atoms with Crippen molar-refractivity contribution in [2.24, 2.45) is 0 Å². The Balaban J connectivity index is 2.35. The maximum Gasteiger partial charge on any atom is 0.323 e. The van der Waals surface area contributed by atoms with Gasteiger partial charge in [-0.1, -0.05) is 30.3 Å². The first-order chi connectivity index (χ1) is 11.0. The number of rotatable bonds is 6. The number of benzene rings is 1. The van der Waals surface area contributed by atoms with Crippen LogP contribution in [0.2, 0.25) is 0 Å². The number of amides is 1. The first kappa shape index (κ1) is 16.7. The number of hydrogen-bond acceptors (Lipinski definition) is 4. The van der Waals surface area contributed by atoms with Gasteiger partial charge in [-0.25, -0.2) is 4.68 Å². The SMILES string of the molecule is CCC(C)N(CC(=O)O)C(=O)c1nnn(-c2ccccc2)c1C. The van der Waals surface area contributed by atoms with Gasteiger partial charge >= 0.3 is 5.97 Å². The Labute approximate surface area is 134 Å². The molecule has 0 saturated heterocycles. The quantitative estimate of drug-likeness (QED) is 0.879. The van der Waals surface area contributed by atoms with Crippen LogP contribution in [0.1, 0.15) is 36.5 Å². The van der Waals surface area contributed by atoms with Crippen LogP contribution in [0.3, 0.4) is 0 Å². The molecule has 7 nitrogen and oxygen atoms in total. The van der Waals surface area contributed by atoms with Crippen LogP contribution in [-0.4, -0.2) is 49.5 Å². The third-order valence-electron chi connectivity index (χ3n) is 3.79. The molecule has 2 aromatic rings. The number of carboxylic acid groups (broad SMARTS) is 1. The number of carboxylic acids is 1. The molecule has 0 aliphatic heterocycles. The van der Waals surface area contributed by atoms with Crippen molar-refractivity contribution in [3.63, 3.8) is 0 Å². The van der Waals surface area contributed by atoms with E-state index < -0.39 is 11.9 Å². The van der Waals surface area contributed by atoms with E-state index in [1.54, 1.807) is 11.6 Å². The summed E-state index contributed by atoms with van der Waals surface area (Å²) in [5.41, 5.74) is 1.56. The van der Waals surface area contributed by atoms with Crippen molar-refractivity contribution in [1.29, 1.82) is 0 Å². The Morgan fingerprint density at radius 2 is 1.96 bits per heavy atom. The van der Waals surface area contributed by atoms with Gasteiger partial charge in [-0.05, 0) is 32.4 Å². The highest BCUT2D eigenvalue weighted by molar-refractivity contribution is 5.95. The molecule has 23 heavy (non-hydrogen) atoms. The van der Waals surface area contributed by atoms with E-state index in [0.717, 1.165) is 5.69 Å². The summed E-state index contributed by atoms with van der Waals surface area (Å²) in [6.07, 6.45) is 0.658. The van der Waals surface area contributed by atoms with E-state index in [0.29, 0.717) is 12.1 Å². The van der Waals surface area contributed by atoms with E-state index >= 15 is 0 Å². The third-order valence-corrected chi connectivity index (χ3v) is 3.79. The van der Waals surface area contributed by atoms with E-state index in [4.69, 9.17) is 5.11 Å². The zero-order chi connectivity index (χ0) is 17.0. The molecular formula is C16H20N4O3. The molecule has 122 valence electrons. The molecule has 1 unspecified atom stereocenters. The Hall–Kier alpha value is -2.70. The molecule has 0 saturated carbocycles. The first-order valence-electron chi connectivity index (χ1n) is 7.46. The van der Waals surface area contributed by atoms with E-state index in [-0.39, 0.29) is 18.3 Å². The Kier molecular flexibility index (Phi) is 5.10. The van der Waals surface area contributed by atoms with E-state index in [1.807, 2.05) is 44.2 Å². The summed E-state index contributed by atoms with van der Waals surface area (Å²) >= 11 is 0. The van der Waals surface area contributed by atoms with Crippen LogP contribution in [0.4, 0.5) is 0 Å². The molecule has 1 N–H and O–H groups in total. The van der Waals surface area contributed by atoms with Crippen LogP contribution >= 0.6 is 0 Å². The summed E-state index contributed by atoms with van der Waals surface area (Å²) in [6.45, 7) is 5.11. The maximum absolute atomic E-state index is 12.7.